The van der Waals surface area contributed by atoms with Crippen molar-refractivity contribution in [2.24, 2.45) is 10.2 Å². The first-order chi connectivity index (χ1) is 8.74. The minimum Gasteiger partial charge on any atom is -0.392 e. The lowest BCUT2D eigenvalue weighted by Gasteiger charge is -1.97. The average Bonchev–Trinajstić information content (AvgIpc) is 2.38. The zero-order valence-corrected chi connectivity index (χ0v) is 9.32. The van der Waals surface area contributed by atoms with Crippen LogP contribution >= 0.6 is 0 Å². The highest BCUT2D eigenvalue weighted by Crippen LogP contribution is 2.21. The van der Waals surface area contributed by atoms with E-state index in [9.17, 15) is 9.90 Å². The summed E-state index contributed by atoms with van der Waals surface area (Å²) in [6.45, 7) is 0. The van der Waals surface area contributed by atoms with E-state index in [4.69, 9.17) is 0 Å². The zero-order valence-electron chi connectivity index (χ0n) is 9.32. The second-order valence-electron chi connectivity index (χ2n) is 3.38. The molecule has 0 unspecified atom stereocenters. The van der Waals surface area contributed by atoms with Gasteiger partial charge in [0.15, 0.2) is 0 Å². The first kappa shape index (κ1) is 11.8. The molecule has 0 fully saturated rings. The lowest BCUT2D eigenvalue weighted by molar-refractivity contribution is 0.117. The Morgan fingerprint density at radius 2 is 1.39 bits per heavy atom. The van der Waals surface area contributed by atoms with Gasteiger partial charge in [-0.15, -0.1) is 0 Å². The van der Waals surface area contributed by atoms with Crippen LogP contribution in [0.1, 0.15) is 0 Å². The summed E-state index contributed by atoms with van der Waals surface area (Å²) in [6.07, 6.45) is -1.59. The number of benzene rings is 2. The topological polar surface area (TPSA) is 70.9 Å². The van der Waals surface area contributed by atoms with Crippen molar-refractivity contribution in [3.63, 3.8) is 0 Å². The summed E-state index contributed by atoms with van der Waals surface area (Å²) in [6, 6.07) is 15.5. The summed E-state index contributed by atoms with van der Waals surface area (Å²) in [4.78, 5) is 10.2. The van der Waals surface area contributed by atoms with Crippen LogP contribution in [0.3, 0.4) is 0 Å². The SMILES string of the molecule is [O]C(=O)Oc1ccc(/N=N/c2ccccc2)cc1. The van der Waals surface area contributed by atoms with Gasteiger partial charge in [0, 0.05) is 0 Å². The molecule has 0 aliphatic carbocycles. The second-order valence-corrected chi connectivity index (χ2v) is 3.38. The molecule has 0 N–H and O–H groups in total. The Morgan fingerprint density at radius 3 is 1.94 bits per heavy atom. The standard InChI is InChI=1S/C13H9N2O3/c16-13(17)18-12-8-6-11(7-9-12)15-14-10-4-2-1-3-5-10/h1-9H/b15-14+. The van der Waals surface area contributed by atoms with Crippen molar-refractivity contribution in [3.05, 3.63) is 54.6 Å². The number of rotatable bonds is 3. The smallest absolute Gasteiger partial charge is 0.392 e. The van der Waals surface area contributed by atoms with E-state index >= 15 is 0 Å². The number of azo groups is 1. The predicted octanol–water partition coefficient (Wildman–Crippen LogP) is 4.03. The molecule has 18 heavy (non-hydrogen) atoms. The highest BCUT2D eigenvalue weighted by molar-refractivity contribution is 5.61. The molecule has 2 aromatic rings. The zero-order chi connectivity index (χ0) is 12.8. The van der Waals surface area contributed by atoms with Crippen molar-refractivity contribution in [2.45, 2.75) is 0 Å². The molecule has 0 atom stereocenters. The van der Waals surface area contributed by atoms with Crippen molar-refractivity contribution in [1.29, 1.82) is 0 Å². The van der Waals surface area contributed by atoms with Crippen molar-refractivity contribution in [1.82, 2.24) is 0 Å². The lowest BCUT2D eigenvalue weighted by Crippen LogP contribution is -2.00. The van der Waals surface area contributed by atoms with Crippen LogP contribution in [0.2, 0.25) is 0 Å². The quantitative estimate of drug-likeness (QED) is 0.462. The van der Waals surface area contributed by atoms with Crippen LogP contribution in [0.4, 0.5) is 16.2 Å². The molecular weight excluding hydrogens is 232 g/mol. The Morgan fingerprint density at radius 1 is 0.833 bits per heavy atom. The molecule has 0 aliphatic rings. The fourth-order valence-electron chi connectivity index (χ4n) is 1.29. The van der Waals surface area contributed by atoms with Crippen molar-refractivity contribution < 1.29 is 14.6 Å². The molecule has 0 saturated heterocycles. The second kappa shape index (κ2) is 5.58. The van der Waals surface area contributed by atoms with Gasteiger partial charge in [-0.2, -0.15) is 20.1 Å². The summed E-state index contributed by atoms with van der Waals surface area (Å²) in [7, 11) is 0. The molecule has 0 heterocycles. The summed E-state index contributed by atoms with van der Waals surface area (Å²) in [5.74, 6) is 0.189. The van der Waals surface area contributed by atoms with E-state index in [0.29, 0.717) is 5.69 Å². The van der Waals surface area contributed by atoms with Crippen LogP contribution in [-0.4, -0.2) is 6.16 Å². The van der Waals surface area contributed by atoms with Crippen LogP contribution in [0, 0.1) is 0 Å². The van der Waals surface area contributed by atoms with E-state index in [0.717, 1.165) is 5.69 Å². The van der Waals surface area contributed by atoms with Gasteiger partial charge in [0.2, 0.25) is 0 Å². The van der Waals surface area contributed by atoms with Crippen LogP contribution < -0.4 is 4.74 Å². The number of hydrogen-bond acceptors (Lipinski definition) is 4. The van der Waals surface area contributed by atoms with Gasteiger partial charge in [-0.3, -0.25) is 0 Å². The van der Waals surface area contributed by atoms with Crippen LogP contribution in [0.15, 0.2) is 64.8 Å². The fraction of sp³-hybridized carbons (Fsp3) is 0. The normalized spacial score (nSPS) is 10.4. The van der Waals surface area contributed by atoms with Gasteiger partial charge >= 0.3 is 6.16 Å². The Kier molecular flexibility index (Phi) is 3.66. The molecule has 2 aromatic carbocycles. The third kappa shape index (κ3) is 3.41. The third-order valence-corrected chi connectivity index (χ3v) is 2.08. The maximum atomic E-state index is 10.2. The van der Waals surface area contributed by atoms with Crippen molar-refractivity contribution >= 4 is 17.5 Å². The van der Waals surface area contributed by atoms with E-state index < -0.39 is 6.16 Å². The van der Waals surface area contributed by atoms with Gasteiger partial charge in [0.25, 0.3) is 0 Å². The Labute approximate surface area is 103 Å². The minimum atomic E-state index is -1.59. The van der Waals surface area contributed by atoms with Gasteiger partial charge < -0.3 is 4.74 Å². The lowest BCUT2D eigenvalue weighted by atomic mass is 10.3. The van der Waals surface area contributed by atoms with E-state index in [2.05, 4.69) is 15.0 Å². The molecule has 0 saturated carbocycles. The fourth-order valence-corrected chi connectivity index (χ4v) is 1.29. The van der Waals surface area contributed by atoms with Gasteiger partial charge in [-0.05, 0) is 36.4 Å². The molecule has 5 heteroatoms. The predicted molar refractivity (Wildman–Crippen MR) is 63.8 cm³/mol. The van der Waals surface area contributed by atoms with Crippen LogP contribution in [-0.2, 0) is 5.11 Å². The average molecular weight is 241 g/mol. The summed E-state index contributed by atoms with van der Waals surface area (Å²) >= 11 is 0. The van der Waals surface area contributed by atoms with Crippen LogP contribution in [0.25, 0.3) is 0 Å². The number of nitrogens with zero attached hydrogens (tertiary/aromatic N) is 2. The molecule has 1 radical (unpaired) electrons. The largest absolute Gasteiger partial charge is 0.555 e. The van der Waals surface area contributed by atoms with E-state index in [-0.39, 0.29) is 5.75 Å². The van der Waals surface area contributed by atoms with Crippen molar-refractivity contribution in [2.75, 3.05) is 0 Å². The third-order valence-electron chi connectivity index (χ3n) is 2.08. The summed E-state index contributed by atoms with van der Waals surface area (Å²) < 4.78 is 4.37. The van der Waals surface area contributed by atoms with E-state index in [1.165, 1.54) is 12.1 Å². The summed E-state index contributed by atoms with van der Waals surface area (Å²) in [5, 5.41) is 18.2. The highest BCUT2D eigenvalue weighted by Gasteiger charge is 2.01. The number of carbonyl (C=O) groups is 1. The van der Waals surface area contributed by atoms with Gasteiger partial charge in [0.05, 0.1) is 11.4 Å². The number of ether oxygens (including phenoxy) is 1. The molecule has 0 aromatic heterocycles. The molecule has 0 bridgehead atoms. The molecule has 0 amide bonds. The van der Waals surface area contributed by atoms with Gasteiger partial charge in [-0.25, -0.2) is 0 Å². The van der Waals surface area contributed by atoms with E-state index in [1.54, 1.807) is 12.1 Å². The Bertz CT molecular complexity index is 550. The molecule has 2 rings (SSSR count). The Balaban J connectivity index is 2.06. The maximum absolute atomic E-state index is 10.2. The maximum Gasteiger partial charge on any atom is 0.555 e. The van der Waals surface area contributed by atoms with Crippen molar-refractivity contribution in [3.8, 4) is 5.75 Å². The molecular formula is C13H9N2O3. The number of hydrogen-bond donors (Lipinski definition) is 0. The molecule has 5 nitrogen and oxygen atoms in total. The molecule has 0 aliphatic heterocycles. The number of carbonyl (C=O) groups excluding carboxylic acids is 1. The minimum absolute atomic E-state index is 0.189. The molecule has 89 valence electrons. The monoisotopic (exact) mass is 241 g/mol. The summed E-state index contributed by atoms with van der Waals surface area (Å²) in [5.41, 5.74) is 1.34. The van der Waals surface area contributed by atoms with Gasteiger partial charge in [-0.1, -0.05) is 18.2 Å². The Hall–Kier alpha value is -2.69. The highest BCUT2D eigenvalue weighted by atomic mass is 16.7. The van der Waals surface area contributed by atoms with E-state index in [1.807, 2.05) is 30.3 Å². The van der Waals surface area contributed by atoms with Gasteiger partial charge in [0.1, 0.15) is 5.75 Å². The van der Waals surface area contributed by atoms with Crippen LogP contribution in [0.5, 0.6) is 5.75 Å². The first-order valence-electron chi connectivity index (χ1n) is 5.20. The first-order valence-corrected chi connectivity index (χ1v) is 5.20. The molecule has 0 spiro atoms.